The molecule has 20 aromatic rings. The van der Waals surface area contributed by atoms with Gasteiger partial charge in [0.1, 0.15) is 0 Å². The molecule has 0 amide bonds. The Kier molecular flexibility index (Phi) is 21.9. The van der Waals surface area contributed by atoms with Crippen LogP contribution in [-0.2, 0) is 14.1 Å². The molecule has 0 spiro atoms. The molecule has 0 aliphatic rings. The van der Waals surface area contributed by atoms with E-state index in [1.807, 2.05) is 0 Å². The Labute approximate surface area is 681 Å². The van der Waals surface area contributed by atoms with Crippen LogP contribution in [0.15, 0.2) is 461 Å². The Hall–Kier alpha value is -14.8. The Balaban J connectivity index is 0.000000112. The van der Waals surface area contributed by atoms with Gasteiger partial charge in [-0.25, -0.2) is 0 Å². The Bertz CT molecular complexity index is 6580. The van der Waals surface area contributed by atoms with Crippen molar-refractivity contribution in [1.82, 2.24) is 9.13 Å². The van der Waals surface area contributed by atoms with Gasteiger partial charge in [0.2, 0.25) is 0 Å². The van der Waals surface area contributed by atoms with Gasteiger partial charge in [0.05, 0.1) is 0 Å². The summed E-state index contributed by atoms with van der Waals surface area (Å²) in [7, 11) is 8.56. The van der Waals surface area contributed by atoms with Crippen molar-refractivity contribution >= 4 is 66.4 Å². The first-order valence-electron chi connectivity index (χ1n) is 39.7. The minimum Gasteiger partial charge on any atom is -0.345 e. The fraction of sp³-hybridized carbons (Fsp3) is 0.0357. The molecule has 0 N–H and O–H groups in total. The van der Waals surface area contributed by atoms with E-state index in [0.717, 1.165) is 22.7 Å². The van der Waals surface area contributed by atoms with E-state index in [1.165, 1.54) is 155 Å². The van der Waals surface area contributed by atoms with Crippen LogP contribution in [0.5, 0.6) is 0 Å². The van der Waals surface area contributed by atoms with Crippen LogP contribution in [0.1, 0.15) is 0 Å². The molecule has 2 aromatic heterocycles. The molecule has 20 rings (SSSR count). The highest BCUT2D eigenvalue weighted by Crippen LogP contribution is 2.41. The number of aryl methyl sites for hydroxylation is 2. The van der Waals surface area contributed by atoms with E-state index in [1.54, 1.807) is 0 Å². The second-order valence-corrected chi connectivity index (χ2v) is 29.4. The Morgan fingerprint density at radius 2 is 0.388 bits per heavy atom. The van der Waals surface area contributed by atoms with Crippen LogP contribution in [0, 0.1) is 0 Å². The highest BCUT2D eigenvalue weighted by Gasteiger charge is 2.17. The molecule has 18 aromatic carbocycles. The van der Waals surface area contributed by atoms with Crippen molar-refractivity contribution in [2.24, 2.45) is 14.1 Å². The Morgan fingerprint density at radius 3 is 0.802 bits per heavy atom. The first-order chi connectivity index (χ1) is 57.2. The molecule has 2 heterocycles. The van der Waals surface area contributed by atoms with Gasteiger partial charge in [-0.05, 0) is 214 Å². The van der Waals surface area contributed by atoms with Crippen LogP contribution >= 0.6 is 0 Å². The smallest absolute Gasteiger partial charge is 0.0489 e. The Morgan fingerprint density at radius 1 is 0.147 bits per heavy atom. The average molecular weight is 1490 g/mol. The standard InChI is InChI=1S/2C31H25N.2C25H19N/c1-32(30-19-11-18-27(21-30)24-12-5-2-6-13-24)31-22-28(25-14-7-3-8-15-25)20-29(23-31)26-16-9-4-10-17-26;1-32(30-19-17-27(18-20-30)24-11-5-2-6-12-24)31-22-28(25-13-7-3-8-14-25)21-29(23-31)26-15-9-4-10-16-26;1-26-24-14-8-7-13-22(24)23-17-19(15-16-25(23)26)21-12-6-5-11-20(21)18-9-3-2-4-10-18;1-26-24-13-6-5-12-22(24)23-17-21(14-15-25(23)26)20-11-7-10-19(16-20)18-8-3-2-4-9-18/h2*2-23H,1H3;2*2-17H,1H3. The molecule has 0 aliphatic carbocycles. The number of rotatable bonds is 14. The fourth-order valence-corrected chi connectivity index (χ4v) is 15.9. The molecule has 0 saturated heterocycles. The number of hydrogen-bond acceptors (Lipinski definition) is 2. The molecule has 0 bridgehead atoms. The first-order valence-corrected chi connectivity index (χ1v) is 39.7. The van der Waals surface area contributed by atoms with E-state index in [9.17, 15) is 0 Å². The molecule has 0 radical (unpaired) electrons. The lowest BCUT2D eigenvalue weighted by molar-refractivity contribution is 1.01. The van der Waals surface area contributed by atoms with Crippen LogP contribution in [0.3, 0.4) is 0 Å². The zero-order valence-electron chi connectivity index (χ0n) is 65.7. The number of nitrogens with zero attached hydrogens (tertiary/aromatic N) is 4. The van der Waals surface area contributed by atoms with Crippen LogP contribution in [0.4, 0.5) is 22.7 Å². The number of benzene rings is 18. The average Bonchev–Trinajstić information content (AvgIpc) is 1.61. The summed E-state index contributed by atoms with van der Waals surface area (Å²) < 4.78 is 4.55. The van der Waals surface area contributed by atoms with Crippen molar-refractivity contribution in [2.75, 3.05) is 23.9 Å². The predicted molar refractivity (Wildman–Crippen MR) is 497 cm³/mol. The highest BCUT2D eigenvalue weighted by molar-refractivity contribution is 6.11. The van der Waals surface area contributed by atoms with Crippen LogP contribution < -0.4 is 9.80 Å². The molecular weight excluding hydrogens is 1400 g/mol. The largest absolute Gasteiger partial charge is 0.345 e. The minimum absolute atomic E-state index is 1.16. The molecule has 0 atom stereocenters. The van der Waals surface area contributed by atoms with Crippen molar-refractivity contribution in [3.63, 3.8) is 0 Å². The van der Waals surface area contributed by atoms with E-state index in [0.29, 0.717) is 0 Å². The molecule has 0 aliphatic heterocycles. The van der Waals surface area contributed by atoms with Gasteiger partial charge in [-0.15, -0.1) is 0 Å². The van der Waals surface area contributed by atoms with E-state index < -0.39 is 0 Å². The summed E-state index contributed by atoms with van der Waals surface area (Å²) >= 11 is 0. The quantitative estimate of drug-likeness (QED) is 0.108. The van der Waals surface area contributed by atoms with Crippen molar-refractivity contribution in [3.8, 4) is 111 Å². The summed E-state index contributed by atoms with van der Waals surface area (Å²) in [5, 5.41) is 5.24. The molecule has 4 nitrogen and oxygen atoms in total. The molecule has 0 unspecified atom stereocenters. The summed E-state index contributed by atoms with van der Waals surface area (Å²) in [5.41, 5.74) is 34.5. The fourth-order valence-electron chi connectivity index (χ4n) is 15.9. The highest BCUT2D eigenvalue weighted by atomic mass is 15.1. The van der Waals surface area contributed by atoms with E-state index in [2.05, 4.69) is 508 Å². The van der Waals surface area contributed by atoms with E-state index >= 15 is 0 Å². The zero-order valence-corrected chi connectivity index (χ0v) is 65.7. The second-order valence-electron chi connectivity index (χ2n) is 29.4. The number of para-hydroxylation sites is 2. The van der Waals surface area contributed by atoms with Crippen molar-refractivity contribution in [3.05, 3.63) is 461 Å². The van der Waals surface area contributed by atoms with Crippen LogP contribution in [0.25, 0.3) is 155 Å². The lowest BCUT2D eigenvalue weighted by Gasteiger charge is -2.22. The van der Waals surface area contributed by atoms with Gasteiger partial charge >= 0.3 is 0 Å². The summed E-state index contributed by atoms with van der Waals surface area (Å²) in [5.74, 6) is 0. The van der Waals surface area contributed by atoms with Crippen molar-refractivity contribution in [1.29, 1.82) is 0 Å². The van der Waals surface area contributed by atoms with Gasteiger partial charge in [-0.3, -0.25) is 0 Å². The SMILES string of the molecule is CN(c1ccc(-c2ccccc2)cc1)c1cc(-c2ccccc2)cc(-c2ccccc2)c1.CN(c1cccc(-c2ccccc2)c1)c1cc(-c2ccccc2)cc(-c2ccccc2)c1.Cn1c2ccccc2c2cc(-c3cccc(-c4ccccc4)c3)ccc21.Cn1c2ccccc2c2cc(-c3ccccc3-c3ccccc3)ccc21. The summed E-state index contributed by atoms with van der Waals surface area (Å²) in [6.45, 7) is 0. The van der Waals surface area contributed by atoms with E-state index in [-0.39, 0.29) is 0 Å². The third-order valence-corrected chi connectivity index (χ3v) is 22.2. The molecule has 0 saturated carbocycles. The van der Waals surface area contributed by atoms with E-state index in [4.69, 9.17) is 0 Å². The predicted octanol–water partition coefficient (Wildman–Crippen LogP) is 30.2. The normalized spacial score (nSPS) is 10.9. The van der Waals surface area contributed by atoms with Crippen molar-refractivity contribution in [2.45, 2.75) is 0 Å². The summed E-state index contributed by atoms with van der Waals surface area (Å²) in [6.07, 6.45) is 0. The van der Waals surface area contributed by atoms with Gasteiger partial charge in [0, 0.05) is 94.6 Å². The maximum absolute atomic E-state index is 2.33. The molecule has 116 heavy (non-hydrogen) atoms. The molecular formula is C112H88N4. The van der Waals surface area contributed by atoms with Gasteiger partial charge in [-0.1, -0.05) is 358 Å². The molecule has 0 fully saturated rings. The maximum atomic E-state index is 2.33. The molecule has 556 valence electrons. The third-order valence-electron chi connectivity index (χ3n) is 22.2. The van der Waals surface area contributed by atoms with Crippen LogP contribution in [0.2, 0.25) is 0 Å². The molecule has 4 heteroatoms. The number of fused-ring (bicyclic) bond motifs is 6. The monoisotopic (exact) mass is 1490 g/mol. The first kappa shape index (κ1) is 73.9. The summed E-state index contributed by atoms with van der Waals surface area (Å²) in [4.78, 5) is 4.53. The van der Waals surface area contributed by atoms with Gasteiger partial charge in [-0.2, -0.15) is 0 Å². The summed E-state index contributed by atoms with van der Waals surface area (Å²) in [6, 6.07) is 164. The number of anilines is 4. The number of hydrogen-bond donors (Lipinski definition) is 0. The van der Waals surface area contributed by atoms with Gasteiger partial charge in [0.15, 0.2) is 0 Å². The third kappa shape index (κ3) is 16.3. The van der Waals surface area contributed by atoms with Crippen LogP contribution in [-0.4, -0.2) is 23.2 Å². The lowest BCUT2D eigenvalue weighted by atomic mass is 9.94. The van der Waals surface area contributed by atoms with Gasteiger partial charge in [0.25, 0.3) is 0 Å². The zero-order chi connectivity index (χ0) is 78.5. The van der Waals surface area contributed by atoms with Crippen molar-refractivity contribution < 1.29 is 0 Å². The van der Waals surface area contributed by atoms with Gasteiger partial charge < -0.3 is 18.9 Å². The second kappa shape index (κ2) is 34.4. The topological polar surface area (TPSA) is 16.3 Å². The number of aromatic nitrogens is 2. The lowest BCUT2D eigenvalue weighted by Crippen LogP contribution is -2.09. The maximum Gasteiger partial charge on any atom is 0.0489 e. The minimum atomic E-state index is 1.16.